The molecule has 1 aromatic heterocycles. The van der Waals surface area contributed by atoms with Gasteiger partial charge in [0.1, 0.15) is 5.01 Å². The van der Waals surface area contributed by atoms with Crippen LogP contribution in [0.3, 0.4) is 0 Å². The molecule has 0 N–H and O–H groups in total. The molecule has 3 rings (SSSR count). The fourth-order valence-electron chi connectivity index (χ4n) is 2.74. The summed E-state index contributed by atoms with van der Waals surface area (Å²) < 4.78 is 16.2. The van der Waals surface area contributed by atoms with Gasteiger partial charge < -0.3 is 14.2 Å². The van der Waals surface area contributed by atoms with Crippen LogP contribution in [-0.2, 0) is 6.42 Å². The first-order valence-corrected chi connectivity index (χ1v) is 8.73. The molecule has 4 nitrogen and oxygen atoms in total. The van der Waals surface area contributed by atoms with E-state index < -0.39 is 0 Å². The summed E-state index contributed by atoms with van der Waals surface area (Å²) in [5, 5.41) is 3.19. The Morgan fingerprint density at radius 1 is 1.04 bits per heavy atom. The van der Waals surface area contributed by atoms with Crippen LogP contribution in [0.25, 0.3) is 5.57 Å². The van der Waals surface area contributed by atoms with Crippen molar-refractivity contribution in [3.8, 4) is 17.2 Å². The van der Waals surface area contributed by atoms with Crippen molar-refractivity contribution in [3.63, 3.8) is 0 Å². The van der Waals surface area contributed by atoms with Crippen molar-refractivity contribution in [3.05, 3.63) is 52.0 Å². The van der Waals surface area contributed by atoms with Crippen LogP contribution in [0.4, 0.5) is 0 Å². The summed E-state index contributed by atoms with van der Waals surface area (Å²) in [6.45, 7) is 0. The first-order chi connectivity index (χ1) is 11.7. The highest BCUT2D eigenvalue weighted by atomic mass is 32.1. The van der Waals surface area contributed by atoms with Gasteiger partial charge in [0.05, 0.1) is 27.0 Å². The molecule has 126 valence electrons. The van der Waals surface area contributed by atoms with E-state index in [1.54, 1.807) is 32.7 Å². The van der Waals surface area contributed by atoms with E-state index in [4.69, 9.17) is 19.2 Å². The Morgan fingerprint density at radius 3 is 2.38 bits per heavy atom. The number of hydrogen-bond acceptors (Lipinski definition) is 5. The molecule has 1 heterocycles. The van der Waals surface area contributed by atoms with E-state index in [9.17, 15) is 0 Å². The highest BCUT2D eigenvalue weighted by Gasteiger charge is 2.14. The SMILES string of the molecule is COc1cc(Cc2csc(C3=CCCC=C3)n2)cc(OC)c1OC. The fourth-order valence-corrected chi connectivity index (χ4v) is 3.58. The second kappa shape index (κ2) is 7.53. The second-order valence-electron chi connectivity index (χ2n) is 5.49. The number of hydrogen-bond donors (Lipinski definition) is 0. The molecule has 24 heavy (non-hydrogen) atoms. The monoisotopic (exact) mass is 343 g/mol. The molecule has 1 aliphatic carbocycles. The lowest BCUT2D eigenvalue weighted by molar-refractivity contribution is 0.324. The minimum Gasteiger partial charge on any atom is -0.493 e. The number of methoxy groups -OCH3 is 3. The lowest BCUT2D eigenvalue weighted by Gasteiger charge is -2.13. The highest BCUT2D eigenvalue weighted by molar-refractivity contribution is 7.10. The fraction of sp³-hybridized carbons (Fsp3) is 0.316. The van der Waals surface area contributed by atoms with Gasteiger partial charge in [0.2, 0.25) is 5.75 Å². The number of rotatable bonds is 6. The lowest BCUT2D eigenvalue weighted by atomic mass is 10.1. The van der Waals surface area contributed by atoms with Crippen molar-refractivity contribution in [1.29, 1.82) is 0 Å². The minimum atomic E-state index is 0.611. The molecule has 2 aromatic rings. The van der Waals surface area contributed by atoms with Crippen LogP contribution in [0, 0.1) is 0 Å². The predicted octanol–water partition coefficient (Wildman–Crippen LogP) is 4.49. The maximum Gasteiger partial charge on any atom is 0.203 e. The second-order valence-corrected chi connectivity index (χ2v) is 6.35. The van der Waals surface area contributed by atoms with Gasteiger partial charge in [-0.25, -0.2) is 4.98 Å². The van der Waals surface area contributed by atoms with Crippen LogP contribution in [0.15, 0.2) is 35.7 Å². The smallest absolute Gasteiger partial charge is 0.203 e. The highest BCUT2D eigenvalue weighted by Crippen LogP contribution is 2.38. The van der Waals surface area contributed by atoms with E-state index in [1.165, 1.54) is 5.57 Å². The van der Waals surface area contributed by atoms with E-state index >= 15 is 0 Å². The molecule has 0 aliphatic heterocycles. The summed E-state index contributed by atoms with van der Waals surface area (Å²) in [7, 11) is 4.87. The van der Waals surface area contributed by atoms with Crippen molar-refractivity contribution in [2.24, 2.45) is 0 Å². The van der Waals surface area contributed by atoms with E-state index in [0.29, 0.717) is 17.2 Å². The number of benzene rings is 1. The number of aromatic nitrogens is 1. The van der Waals surface area contributed by atoms with Gasteiger partial charge in [0, 0.05) is 17.4 Å². The molecule has 0 saturated carbocycles. The van der Waals surface area contributed by atoms with Crippen molar-refractivity contribution >= 4 is 16.9 Å². The number of ether oxygens (including phenoxy) is 3. The zero-order valence-corrected chi connectivity index (χ0v) is 15.0. The molecule has 0 unspecified atom stereocenters. The average molecular weight is 343 g/mol. The normalized spacial score (nSPS) is 13.5. The van der Waals surface area contributed by atoms with Crippen LogP contribution >= 0.6 is 11.3 Å². The Hall–Kier alpha value is -2.27. The molecule has 0 saturated heterocycles. The van der Waals surface area contributed by atoms with Crippen LogP contribution < -0.4 is 14.2 Å². The van der Waals surface area contributed by atoms with Gasteiger partial charge in [-0.2, -0.15) is 0 Å². The van der Waals surface area contributed by atoms with Gasteiger partial charge in [0.15, 0.2) is 11.5 Å². The molecule has 0 bridgehead atoms. The largest absolute Gasteiger partial charge is 0.493 e. The van der Waals surface area contributed by atoms with Crippen molar-refractivity contribution in [2.75, 3.05) is 21.3 Å². The Labute approximate surface area is 146 Å². The maximum absolute atomic E-state index is 5.42. The van der Waals surface area contributed by atoms with Gasteiger partial charge in [-0.05, 0) is 30.5 Å². The van der Waals surface area contributed by atoms with E-state index in [1.807, 2.05) is 12.1 Å². The van der Waals surface area contributed by atoms with Crippen molar-refractivity contribution in [1.82, 2.24) is 4.98 Å². The summed E-state index contributed by atoms with van der Waals surface area (Å²) in [4.78, 5) is 4.77. The van der Waals surface area contributed by atoms with Crippen LogP contribution in [0.1, 0.15) is 29.1 Å². The Kier molecular flexibility index (Phi) is 5.20. The lowest BCUT2D eigenvalue weighted by Crippen LogP contribution is -1.98. The standard InChI is InChI=1S/C19H21NO3S/c1-21-16-10-13(11-17(22-2)18(16)23-3)9-15-12-24-19(20-15)14-7-5-4-6-8-14/h5,7-8,10-12H,4,6,9H2,1-3H3. The molecule has 0 fully saturated rings. The topological polar surface area (TPSA) is 40.6 Å². The van der Waals surface area contributed by atoms with Gasteiger partial charge in [-0.1, -0.05) is 18.2 Å². The quantitative estimate of drug-likeness (QED) is 0.775. The Bertz CT molecular complexity index is 752. The number of nitrogens with zero attached hydrogens (tertiary/aromatic N) is 1. The zero-order valence-electron chi connectivity index (χ0n) is 14.2. The Balaban J connectivity index is 1.85. The molecule has 5 heteroatoms. The van der Waals surface area contributed by atoms with Crippen LogP contribution in [0.2, 0.25) is 0 Å². The minimum absolute atomic E-state index is 0.611. The third kappa shape index (κ3) is 3.46. The number of thiazole rings is 1. The van der Waals surface area contributed by atoms with Gasteiger partial charge >= 0.3 is 0 Å². The third-order valence-electron chi connectivity index (χ3n) is 3.90. The average Bonchev–Trinajstić information content (AvgIpc) is 3.10. The predicted molar refractivity (Wildman–Crippen MR) is 97.4 cm³/mol. The van der Waals surface area contributed by atoms with Crippen molar-refractivity contribution in [2.45, 2.75) is 19.3 Å². The van der Waals surface area contributed by atoms with Crippen LogP contribution in [-0.4, -0.2) is 26.3 Å². The van der Waals surface area contributed by atoms with E-state index in [-0.39, 0.29) is 0 Å². The summed E-state index contributed by atoms with van der Waals surface area (Å²) >= 11 is 1.69. The molecule has 1 aromatic carbocycles. The van der Waals surface area contributed by atoms with E-state index in [2.05, 4.69) is 23.6 Å². The molecule has 1 aliphatic rings. The molecular formula is C19H21NO3S. The zero-order chi connectivity index (χ0) is 16.9. The van der Waals surface area contributed by atoms with Crippen LogP contribution in [0.5, 0.6) is 17.2 Å². The number of allylic oxidation sites excluding steroid dienone is 4. The first-order valence-electron chi connectivity index (χ1n) is 7.85. The molecule has 0 atom stereocenters. The molecular weight excluding hydrogens is 322 g/mol. The van der Waals surface area contributed by atoms with Gasteiger partial charge in [0.25, 0.3) is 0 Å². The van der Waals surface area contributed by atoms with Crippen molar-refractivity contribution < 1.29 is 14.2 Å². The summed E-state index contributed by atoms with van der Waals surface area (Å²) in [5.74, 6) is 1.95. The summed E-state index contributed by atoms with van der Waals surface area (Å²) in [6, 6.07) is 3.94. The summed E-state index contributed by atoms with van der Waals surface area (Å²) in [6.07, 6.45) is 9.55. The molecule has 0 radical (unpaired) electrons. The first kappa shape index (κ1) is 16.6. The van der Waals surface area contributed by atoms with Gasteiger partial charge in [-0.15, -0.1) is 11.3 Å². The molecule has 0 amide bonds. The third-order valence-corrected chi connectivity index (χ3v) is 4.84. The molecule has 0 spiro atoms. The maximum atomic E-state index is 5.42. The Morgan fingerprint density at radius 2 is 1.79 bits per heavy atom. The van der Waals surface area contributed by atoms with Gasteiger partial charge in [-0.3, -0.25) is 0 Å². The summed E-state index contributed by atoms with van der Waals surface area (Å²) in [5.41, 5.74) is 3.35. The van der Waals surface area contributed by atoms with E-state index in [0.717, 1.165) is 35.5 Å².